The first-order valence-corrected chi connectivity index (χ1v) is 13.4. The maximum absolute atomic E-state index is 13.4. The lowest BCUT2D eigenvalue weighted by atomic mass is 9.85. The predicted octanol–water partition coefficient (Wildman–Crippen LogP) is 2.80. The van der Waals surface area contributed by atoms with E-state index < -0.39 is 48.0 Å². The summed E-state index contributed by atoms with van der Waals surface area (Å²) in [5.74, 6) is -2.26. The second kappa shape index (κ2) is 15.5. The number of hydrogen-bond donors (Lipinski definition) is 3. The van der Waals surface area contributed by atoms with Gasteiger partial charge in [0.25, 0.3) is 5.91 Å². The van der Waals surface area contributed by atoms with E-state index in [0.29, 0.717) is 6.42 Å². The van der Waals surface area contributed by atoms with Crippen molar-refractivity contribution in [2.45, 2.75) is 71.4 Å². The van der Waals surface area contributed by atoms with Gasteiger partial charge in [0, 0.05) is 43.8 Å². The van der Waals surface area contributed by atoms with E-state index in [-0.39, 0.29) is 47.3 Å². The number of amides is 2. The number of nitrogens with two attached hydrogens (primary N) is 1. The van der Waals surface area contributed by atoms with Gasteiger partial charge < -0.3 is 35.1 Å². The number of carbonyl (C=O) groups is 4. The van der Waals surface area contributed by atoms with Gasteiger partial charge in [0.2, 0.25) is 11.6 Å². The SMILES string of the molecule is COC1=C2CC(C)CC(OC)C(O)C(C)/C=C(\C)CC(OC(N)=O)C(OC)/C=C\C=C(/C)C(=O)NC(=CC1=O)C2=O. The number of nitrogens with one attached hydrogen (secondary N) is 1. The molecular formula is C30H42N2O9. The van der Waals surface area contributed by atoms with Crippen LogP contribution in [0.4, 0.5) is 4.79 Å². The van der Waals surface area contributed by atoms with Crippen molar-refractivity contribution in [2.75, 3.05) is 21.3 Å². The quantitative estimate of drug-likeness (QED) is 0.338. The number of aliphatic hydroxyl groups is 1. The number of hydrogen-bond acceptors (Lipinski definition) is 9. The molecule has 11 nitrogen and oxygen atoms in total. The van der Waals surface area contributed by atoms with Crippen molar-refractivity contribution in [1.82, 2.24) is 5.32 Å². The third-order valence-corrected chi connectivity index (χ3v) is 7.14. The van der Waals surface area contributed by atoms with E-state index in [1.54, 1.807) is 19.1 Å². The van der Waals surface area contributed by atoms with Gasteiger partial charge in [0.1, 0.15) is 12.2 Å². The largest absolute Gasteiger partial charge is 0.492 e. The summed E-state index contributed by atoms with van der Waals surface area (Å²) in [5.41, 5.74) is 6.37. The summed E-state index contributed by atoms with van der Waals surface area (Å²) in [6.45, 7) is 7.11. The average Bonchev–Trinajstić information content (AvgIpc) is 2.90. The molecule has 1 aliphatic carbocycles. The van der Waals surface area contributed by atoms with Crippen molar-refractivity contribution >= 4 is 23.6 Å². The molecule has 2 rings (SSSR count). The van der Waals surface area contributed by atoms with Gasteiger partial charge in [-0.1, -0.05) is 43.7 Å². The summed E-state index contributed by atoms with van der Waals surface area (Å²) in [6, 6.07) is 0. The molecule has 0 saturated heterocycles. The van der Waals surface area contributed by atoms with Crippen molar-refractivity contribution < 1.29 is 43.2 Å². The summed E-state index contributed by atoms with van der Waals surface area (Å²) >= 11 is 0. The molecule has 0 aromatic carbocycles. The summed E-state index contributed by atoms with van der Waals surface area (Å²) < 4.78 is 21.7. The van der Waals surface area contributed by atoms with Crippen LogP contribution in [-0.4, -0.2) is 74.4 Å². The van der Waals surface area contributed by atoms with Crippen molar-refractivity contribution in [2.24, 2.45) is 17.6 Å². The Morgan fingerprint density at radius 1 is 1.05 bits per heavy atom. The Labute approximate surface area is 241 Å². The highest BCUT2D eigenvalue weighted by Gasteiger charge is 2.33. The highest BCUT2D eigenvalue weighted by atomic mass is 16.6. The first kappa shape index (κ1) is 33.7. The topological polar surface area (TPSA) is 163 Å². The first-order chi connectivity index (χ1) is 19.3. The molecule has 4 N–H and O–H groups in total. The lowest BCUT2D eigenvalue weighted by molar-refractivity contribution is -0.120. The van der Waals surface area contributed by atoms with Crippen LogP contribution in [0.25, 0.3) is 0 Å². The van der Waals surface area contributed by atoms with E-state index in [1.165, 1.54) is 27.4 Å². The molecule has 0 radical (unpaired) electrons. The fourth-order valence-electron chi connectivity index (χ4n) is 4.99. The second-order valence-electron chi connectivity index (χ2n) is 10.5. The highest BCUT2D eigenvalue weighted by Crippen LogP contribution is 2.29. The van der Waals surface area contributed by atoms with Gasteiger partial charge >= 0.3 is 6.09 Å². The Kier molecular flexibility index (Phi) is 12.7. The molecule has 0 saturated carbocycles. The zero-order valence-corrected chi connectivity index (χ0v) is 24.8. The third-order valence-electron chi connectivity index (χ3n) is 7.14. The van der Waals surface area contributed by atoms with E-state index in [2.05, 4.69) is 5.32 Å². The van der Waals surface area contributed by atoms with E-state index in [9.17, 15) is 24.3 Å². The monoisotopic (exact) mass is 574 g/mol. The summed E-state index contributed by atoms with van der Waals surface area (Å²) in [4.78, 5) is 50.7. The fourth-order valence-corrected chi connectivity index (χ4v) is 4.99. The van der Waals surface area contributed by atoms with Crippen LogP contribution in [0.5, 0.6) is 0 Å². The number of allylic oxidation sites excluding steroid dienone is 4. The Bertz CT molecular complexity index is 1160. The van der Waals surface area contributed by atoms with Crippen LogP contribution >= 0.6 is 0 Å². The molecule has 1 heterocycles. The van der Waals surface area contributed by atoms with Crippen LogP contribution in [0.2, 0.25) is 0 Å². The molecule has 6 atom stereocenters. The van der Waals surface area contributed by atoms with E-state index in [0.717, 1.165) is 11.6 Å². The van der Waals surface area contributed by atoms with Crippen LogP contribution in [-0.2, 0) is 33.3 Å². The zero-order chi connectivity index (χ0) is 30.9. The number of fused-ring (bicyclic) bond motifs is 2. The number of Topliss-reactive ketones (excluding diaryl/α,β-unsaturated/α-hetero) is 1. The van der Waals surface area contributed by atoms with Gasteiger partial charge in [-0.3, -0.25) is 14.4 Å². The van der Waals surface area contributed by atoms with Gasteiger partial charge in [-0.25, -0.2) is 4.79 Å². The molecule has 2 amide bonds. The Hall–Kier alpha value is -3.54. The number of ketones is 2. The molecule has 0 fully saturated rings. The van der Waals surface area contributed by atoms with E-state index in [4.69, 9.17) is 24.7 Å². The maximum Gasteiger partial charge on any atom is 0.404 e. The summed E-state index contributed by atoms with van der Waals surface area (Å²) in [6.07, 6.45) is 4.44. The normalized spacial score (nSPS) is 32.5. The molecule has 0 aromatic heterocycles. The molecule has 0 spiro atoms. The lowest BCUT2D eigenvalue weighted by Crippen LogP contribution is -2.36. The Morgan fingerprint density at radius 2 is 1.73 bits per heavy atom. The van der Waals surface area contributed by atoms with Gasteiger partial charge in [-0.2, -0.15) is 0 Å². The number of ether oxygens (including phenoxy) is 4. The molecule has 2 bridgehead atoms. The van der Waals surface area contributed by atoms with Crippen LogP contribution in [0.15, 0.2) is 58.6 Å². The Morgan fingerprint density at radius 3 is 2.32 bits per heavy atom. The summed E-state index contributed by atoms with van der Waals surface area (Å²) in [5, 5.41) is 13.7. The molecular weight excluding hydrogens is 532 g/mol. The van der Waals surface area contributed by atoms with Gasteiger partial charge in [-0.15, -0.1) is 0 Å². The molecule has 11 heteroatoms. The molecule has 1 aliphatic heterocycles. The number of aliphatic hydroxyl groups excluding tert-OH is 1. The number of rotatable bonds is 4. The van der Waals surface area contributed by atoms with Gasteiger partial charge in [0.05, 0.1) is 25.0 Å². The fraction of sp³-hybridized carbons (Fsp3) is 0.533. The molecule has 6 unspecified atom stereocenters. The lowest BCUT2D eigenvalue weighted by Gasteiger charge is -2.29. The summed E-state index contributed by atoms with van der Waals surface area (Å²) in [7, 11) is 4.26. The predicted molar refractivity (Wildman–Crippen MR) is 151 cm³/mol. The zero-order valence-electron chi connectivity index (χ0n) is 24.8. The second-order valence-corrected chi connectivity index (χ2v) is 10.5. The maximum atomic E-state index is 13.4. The third kappa shape index (κ3) is 9.24. The first-order valence-electron chi connectivity index (χ1n) is 13.4. The van der Waals surface area contributed by atoms with Crippen molar-refractivity contribution in [3.63, 3.8) is 0 Å². The van der Waals surface area contributed by atoms with Gasteiger partial charge in [-0.05, 0) is 32.6 Å². The van der Waals surface area contributed by atoms with Gasteiger partial charge in [0.15, 0.2) is 5.76 Å². The Balaban J connectivity index is 2.56. The molecule has 0 aromatic rings. The molecule has 226 valence electrons. The van der Waals surface area contributed by atoms with Crippen molar-refractivity contribution in [3.05, 3.63) is 58.6 Å². The average molecular weight is 575 g/mol. The van der Waals surface area contributed by atoms with E-state index >= 15 is 0 Å². The minimum Gasteiger partial charge on any atom is -0.492 e. The van der Waals surface area contributed by atoms with Crippen LogP contribution in [0, 0.1) is 11.8 Å². The minimum absolute atomic E-state index is 0.0722. The van der Waals surface area contributed by atoms with Crippen molar-refractivity contribution in [1.29, 1.82) is 0 Å². The molecule has 2 aliphatic rings. The van der Waals surface area contributed by atoms with Crippen molar-refractivity contribution in [3.8, 4) is 0 Å². The minimum atomic E-state index is -0.967. The van der Waals surface area contributed by atoms with E-state index in [1.807, 2.05) is 26.8 Å². The number of methoxy groups -OCH3 is 3. The number of carbonyl (C=O) groups excluding carboxylic acids is 4. The number of primary amides is 1. The highest BCUT2D eigenvalue weighted by molar-refractivity contribution is 6.23. The smallest absolute Gasteiger partial charge is 0.404 e. The molecule has 41 heavy (non-hydrogen) atoms. The van der Waals surface area contributed by atoms with Crippen LogP contribution in [0.3, 0.4) is 0 Å². The van der Waals surface area contributed by atoms with Crippen LogP contribution in [0.1, 0.15) is 47.0 Å². The standard InChI is InChI=1S/C30H42N2O9/c1-16-11-19(4)26(34)25(39-6)14-17(2)12-20-27(35)21(15-22(33)28(20)40-7)32-29(36)18(3)9-8-10-23(38-5)24(13-16)41-30(31)37/h8-11,15,17,19,23-26,34H,12-14H2,1-7H3,(H2,31,37)(H,32,36)/b10-8-,16-11+,18-9+. The van der Waals surface area contributed by atoms with Crippen LogP contribution < -0.4 is 11.1 Å².